The summed E-state index contributed by atoms with van der Waals surface area (Å²) in [5, 5.41) is 15.4. The first kappa shape index (κ1) is 15.6. The first-order chi connectivity index (χ1) is 9.94. The Balaban J connectivity index is 2.01. The molecule has 0 saturated carbocycles. The molecule has 1 amide bonds. The Hall–Kier alpha value is -1.82. The number of carbonyl (C=O) groups is 1. The van der Waals surface area contributed by atoms with E-state index in [-0.39, 0.29) is 10.9 Å². The van der Waals surface area contributed by atoms with Crippen LogP contribution < -0.4 is 10.6 Å². The van der Waals surface area contributed by atoms with Crippen molar-refractivity contribution in [3.05, 3.63) is 58.1 Å². The zero-order valence-electron chi connectivity index (χ0n) is 10.6. The molecule has 0 aliphatic carbocycles. The number of benzene rings is 2. The number of nitrogens with one attached hydrogen (secondary N) is 2. The maximum absolute atomic E-state index is 12.0. The molecule has 0 aliphatic rings. The van der Waals surface area contributed by atoms with Crippen LogP contribution in [-0.4, -0.2) is 16.1 Å². The van der Waals surface area contributed by atoms with E-state index in [0.29, 0.717) is 21.3 Å². The van der Waals surface area contributed by atoms with Crippen LogP contribution in [0, 0.1) is 0 Å². The molecule has 0 heterocycles. The predicted molar refractivity (Wildman–Crippen MR) is 88.3 cm³/mol. The maximum Gasteiger partial charge on any atom is 0.257 e. The Kier molecular flexibility index (Phi) is 5.01. The molecule has 0 fully saturated rings. The number of aromatic hydroxyl groups is 1. The smallest absolute Gasteiger partial charge is 0.257 e. The van der Waals surface area contributed by atoms with Crippen LogP contribution in [0.2, 0.25) is 10.0 Å². The number of hydrogen-bond acceptors (Lipinski definition) is 3. The van der Waals surface area contributed by atoms with Gasteiger partial charge < -0.3 is 10.4 Å². The van der Waals surface area contributed by atoms with Gasteiger partial charge in [-0.3, -0.25) is 10.1 Å². The summed E-state index contributed by atoms with van der Waals surface area (Å²) >= 11 is 16.7. The molecule has 7 heteroatoms. The number of carbonyl (C=O) groups excluding carboxylic acids is 1. The largest absolute Gasteiger partial charge is 0.508 e. The van der Waals surface area contributed by atoms with Crippen LogP contribution >= 0.6 is 35.4 Å². The zero-order valence-corrected chi connectivity index (χ0v) is 12.9. The lowest BCUT2D eigenvalue weighted by atomic mass is 10.2. The molecule has 0 radical (unpaired) electrons. The molecule has 3 N–H and O–H groups in total. The van der Waals surface area contributed by atoms with Gasteiger partial charge in [0.1, 0.15) is 5.75 Å². The summed E-state index contributed by atoms with van der Waals surface area (Å²) in [7, 11) is 0. The van der Waals surface area contributed by atoms with Crippen molar-refractivity contribution in [2.45, 2.75) is 0 Å². The number of phenolic OH excluding ortho intramolecular Hbond substituents is 1. The minimum absolute atomic E-state index is 0.127. The van der Waals surface area contributed by atoms with E-state index in [1.165, 1.54) is 30.3 Å². The van der Waals surface area contributed by atoms with E-state index in [0.717, 1.165) is 0 Å². The third-order valence-corrected chi connectivity index (χ3v) is 3.12. The molecule has 0 aromatic heterocycles. The lowest BCUT2D eigenvalue weighted by Crippen LogP contribution is -2.34. The fourth-order valence-corrected chi connectivity index (χ4v) is 2.30. The lowest BCUT2D eigenvalue weighted by molar-refractivity contribution is 0.0977. The number of halogens is 2. The summed E-state index contributed by atoms with van der Waals surface area (Å²) in [5.41, 5.74) is 0.949. The normalized spacial score (nSPS) is 10.0. The molecule has 2 rings (SSSR count). The highest BCUT2D eigenvalue weighted by Crippen LogP contribution is 2.19. The van der Waals surface area contributed by atoms with Gasteiger partial charge in [0.15, 0.2) is 5.11 Å². The molecule has 21 heavy (non-hydrogen) atoms. The highest BCUT2D eigenvalue weighted by atomic mass is 35.5. The Morgan fingerprint density at radius 3 is 2.19 bits per heavy atom. The summed E-state index contributed by atoms with van der Waals surface area (Å²) in [6, 6.07) is 10.8. The van der Waals surface area contributed by atoms with Crippen molar-refractivity contribution in [1.29, 1.82) is 0 Å². The quantitative estimate of drug-likeness (QED) is 0.574. The van der Waals surface area contributed by atoms with Crippen molar-refractivity contribution in [3.8, 4) is 5.75 Å². The minimum Gasteiger partial charge on any atom is -0.508 e. The van der Waals surface area contributed by atoms with Crippen molar-refractivity contribution in [2.24, 2.45) is 0 Å². The van der Waals surface area contributed by atoms with Gasteiger partial charge in [-0.1, -0.05) is 23.2 Å². The highest BCUT2D eigenvalue weighted by molar-refractivity contribution is 7.80. The van der Waals surface area contributed by atoms with Crippen molar-refractivity contribution >= 4 is 52.1 Å². The molecule has 0 atom stereocenters. The molecule has 0 spiro atoms. The number of thiocarbonyl (C=S) groups is 1. The minimum atomic E-state index is -0.421. The fourth-order valence-electron chi connectivity index (χ4n) is 1.57. The molecule has 4 nitrogen and oxygen atoms in total. The van der Waals surface area contributed by atoms with E-state index in [1.54, 1.807) is 12.1 Å². The van der Waals surface area contributed by atoms with Crippen molar-refractivity contribution in [3.63, 3.8) is 0 Å². The van der Waals surface area contributed by atoms with Crippen LogP contribution in [0.1, 0.15) is 10.4 Å². The van der Waals surface area contributed by atoms with Crippen molar-refractivity contribution < 1.29 is 9.90 Å². The zero-order chi connectivity index (χ0) is 15.4. The van der Waals surface area contributed by atoms with Gasteiger partial charge in [0.05, 0.1) is 0 Å². The van der Waals surface area contributed by atoms with E-state index in [9.17, 15) is 9.90 Å². The first-order valence-electron chi connectivity index (χ1n) is 5.81. The second-order valence-electron chi connectivity index (χ2n) is 4.11. The number of anilines is 1. The molecule has 108 valence electrons. The molecule has 0 unspecified atom stereocenters. The average Bonchev–Trinajstić information content (AvgIpc) is 2.40. The van der Waals surface area contributed by atoms with Gasteiger partial charge in [-0.2, -0.15) is 0 Å². The van der Waals surface area contributed by atoms with Gasteiger partial charge >= 0.3 is 0 Å². The van der Waals surface area contributed by atoms with Crippen LogP contribution in [0.5, 0.6) is 5.75 Å². The van der Waals surface area contributed by atoms with Crippen LogP contribution in [0.25, 0.3) is 0 Å². The first-order valence-corrected chi connectivity index (χ1v) is 6.98. The third kappa shape index (κ3) is 4.60. The molecule has 0 bridgehead atoms. The topological polar surface area (TPSA) is 61.4 Å². The van der Waals surface area contributed by atoms with Gasteiger partial charge in [-0.05, 0) is 54.7 Å². The molecular weight excluding hydrogens is 331 g/mol. The SMILES string of the molecule is O=C(NC(=S)Nc1ccc(O)cc1)c1cc(Cl)cc(Cl)c1. The second-order valence-corrected chi connectivity index (χ2v) is 5.39. The number of phenols is 1. The monoisotopic (exact) mass is 340 g/mol. The summed E-state index contributed by atoms with van der Waals surface area (Å²) in [6.07, 6.45) is 0. The van der Waals surface area contributed by atoms with Crippen molar-refractivity contribution in [1.82, 2.24) is 5.32 Å². The molecule has 0 saturated heterocycles. The van der Waals surface area contributed by atoms with E-state index >= 15 is 0 Å². The van der Waals surface area contributed by atoms with Crippen molar-refractivity contribution in [2.75, 3.05) is 5.32 Å². The molecule has 2 aromatic carbocycles. The number of rotatable bonds is 2. The summed E-state index contributed by atoms with van der Waals surface area (Å²) in [6.45, 7) is 0. The van der Waals surface area contributed by atoms with Gasteiger partial charge in [-0.25, -0.2) is 0 Å². The summed E-state index contributed by atoms with van der Waals surface area (Å²) in [4.78, 5) is 12.0. The van der Waals surface area contributed by atoms with Gasteiger partial charge in [0, 0.05) is 21.3 Å². The number of hydrogen-bond donors (Lipinski definition) is 3. The van der Waals surface area contributed by atoms with Gasteiger partial charge in [-0.15, -0.1) is 0 Å². The van der Waals surface area contributed by atoms with Crippen LogP contribution in [-0.2, 0) is 0 Å². The van der Waals surface area contributed by atoms with Gasteiger partial charge in [0.25, 0.3) is 5.91 Å². The second kappa shape index (κ2) is 6.76. The Labute approximate surface area is 136 Å². The number of amides is 1. The van der Waals surface area contributed by atoms with E-state index in [1.807, 2.05) is 0 Å². The van der Waals surface area contributed by atoms with E-state index < -0.39 is 5.91 Å². The van der Waals surface area contributed by atoms with Crippen LogP contribution in [0.3, 0.4) is 0 Å². The highest BCUT2D eigenvalue weighted by Gasteiger charge is 2.10. The molecule has 0 aliphatic heterocycles. The molecular formula is C14H10Cl2N2O2S. The maximum atomic E-state index is 12.0. The molecule has 2 aromatic rings. The van der Waals surface area contributed by atoms with Gasteiger partial charge in [0.2, 0.25) is 0 Å². The van der Waals surface area contributed by atoms with E-state index in [2.05, 4.69) is 10.6 Å². The third-order valence-electron chi connectivity index (χ3n) is 2.48. The average molecular weight is 341 g/mol. The summed E-state index contributed by atoms with van der Waals surface area (Å²) < 4.78 is 0. The lowest BCUT2D eigenvalue weighted by Gasteiger charge is -2.10. The Bertz CT molecular complexity index is 670. The van der Waals surface area contributed by atoms with Crippen LogP contribution in [0.15, 0.2) is 42.5 Å². The summed E-state index contributed by atoms with van der Waals surface area (Å²) in [5.74, 6) is -0.278. The Morgan fingerprint density at radius 1 is 1.05 bits per heavy atom. The predicted octanol–water partition coefficient (Wildman–Crippen LogP) is 3.83. The van der Waals surface area contributed by atoms with E-state index in [4.69, 9.17) is 35.4 Å². The fraction of sp³-hybridized carbons (Fsp3) is 0. The Morgan fingerprint density at radius 2 is 1.62 bits per heavy atom. The van der Waals surface area contributed by atoms with Crippen LogP contribution in [0.4, 0.5) is 5.69 Å². The standard InChI is InChI=1S/C14H10Cl2N2O2S/c15-9-5-8(6-10(16)7-9)13(20)18-14(21)17-11-1-3-12(19)4-2-11/h1-7,19H,(H2,17,18,20,21).